The Kier molecular flexibility index (Phi) is 6.32. The van der Waals surface area contributed by atoms with E-state index in [1.807, 2.05) is 73.7 Å². The van der Waals surface area contributed by atoms with Crippen molar-refractivity contribution in [3.63, 3.8) is 0 Å². The Hall–Kier alpha value is -2.85. The number of rotatable bonds is 8. The van der Waals surface area contributed by atoms with E-state index in [-0.39, 0.29) is 12.5 Å². The van der Waals surface area contributed by atoms with Gasteiger partial charge in [-0.15, -0.1) is 0 Å². The Morgan fingerprint density at radius 1 is 1.04 bits per heavy atom. The van der Waals surface area contributed by atoms with Gasteiger partial charge in [0, 0.05) is 6.54 Å². The molecule has 0 aliphatic carbocycles. The number of ether oxygens (including phenoxy) is 1. The monoisotopic (exact) mass is 377 g/mol. The van der Waals surface area contributed by atoms with Crippen LogP contribution in [0.5, 0.6) is 5.75 Å². The van der Waals surface area contributed by atoms with Gasteiger partial charge < -0.3 is 15.2 Å². The molecule has 0 fully saturated rings. The smallest absolute Gasteiger partial charge is 0.255 e. The summed E-state index contributed by atoms with van der Waals surface area (Å²) in [5.74, 6) is 0.322. The highest BCUT2D eigenvalue weighted by Gasteiger charge is 2.23. The number of aryl methyl sites for hydroxylation is 1. The molecular weight excluding hydrogens is 350 g/mol. The van der Waals surface area contributed by atoms with E-state index in [1.54, 1.807) is 6.92 Å². The SMILES string of the molecule is CCOc1ccc2ccccc2c1C(=O)NC[C@](C)(O)CCc1ccccc1. The maximum absolute atomic E-state index is 13.0. The van der Waals surface area contributed by atoms with Crippen molar-refractivity contribution in [1.29, 1.82) is 0 Å². The van der Waals surface area contributed by atoms with Crippen LogP contribution in [0.3, 0.4) is 0 Å². The maximum Gasteiger partial charge on any atom is 0.255 e. The highest BCUT2D eigenvalue weighted by atomic mass is 16.5. The molecular formula is C24H27NO3. The fourth-order valence-electron chi connectivity index (χ4n) is 3.27. The van der Waals surface area contributed by atoms with E-state index in [9.17, 15) is 9.90 Å². The zero-order chi connectivity index (χ0) is 20.0. The summed E-state index contributed by atoms with van der Waals surface area (Å²) in [6, 6.07) is 21.5. The van der Waals surface area contributed by atoms with Crippen LogP contribution in [0, 0.1) is 0 Å². The van der Waals surface area contributed by atoms with Crippen LogP contribution in [-0.2, 0) is 6.42 Å². The van der Waals surface area contributed by atoms with Gasteiger partial charge in [-0.05, 0) is 49.1 Å². The molecule has 0 heterocycles. The lowest BCUT2D eigenvalue weighted by Crippen LogP contribution is -2.41. The molecule has 28 heavy (non-hydrogen) atoms. The first-order chi connectivity index (χ1) is 13.5. The third-order valence-electron chi connectivity index (χ3n) is 4.84. The van der Waals surface area contributed by atoms with Gasteiger partial charge >= 0.3 is 0 Å². The van der Waals surface area contributed by atoms with Gasteiger partial charge in [-0.3, -0.25) is 4.79 Å². The Labute approximate surface area is 166 Å². The highest BCUT2D eigenvalue weighted by Crippen LogP contribution is 2.28. The average Bonchev–Trinajstić information content (AvgIpc) is 2.71. The molecule has 4 nitrogen and oxygen atoms in total. The van der Waals surface area contributed by atoms with Crippen molar-refractivity contribution in [3.05, 3.63) is 77.9 Å². The molecule has 2 N–H and O–H groups in total. The van der Waals surface area contributed by atoms with Crippen LogP contribution < -0.4 is 10.1 Å². The molecule has 0 aliphatic rings. The molecule has 0 saturated carbocycles. The van der Waals surface area contributed by atoms with E-state index in [2.05, 4.69) is 5.32 Å². The van der Waals surface area contributed by atoms with Gasteiger partial charge in [-0.2, -0.15) is 0 Å². The van der Waals surface area contributed by atoms with E-state index in [1.165, 1.54) is 5.56 Å². The van der Waals surface area contributed by atoms with Crippen LogP contribution in [0.25, 0.3) is 10.8 Å². The first-order valence-electron chi connectivity index (χ1n) is 9.69. The van der Waals surface area contributed by atoms with Crippen molar-refractivity contribution in [1.82, 2.24) is 5.32 Å². The number of benzene rings is 3. The Balaban J connectivity index is 1.72. The third-order valence-corrected chi connectivity index (χ3v) is 4.84. The summed E-state index contributed by atoms with van der Waals surface area (Å²) in [6.45, 7) is 4.30. The second-order valence-corrected chi connectivity index (χ2v) is 7.26. The first kappa shape index (κ1) is 19.9. The van der Waals surface area contributed by atoms with Crippen LogP contribution in [0.2, 0.25) is 0 Å². The number of amides is 1. The predicted octanol–water partition coefficient (Wildman–Crippen LogP) is 4.35. The van der Waals surface area contributed by atoms with Crippen molar-refractivity contribution in [2.75, 3.05) is 13.2 Å². The van der Waals surface area contributed by atoms with Crippen LogP contribution in [0.4, 0.5) is 0 Å². The minimum atomic E-state index is -0.998. The van der Waals surface area contributed by atoms with Gasteiger partial charge in [0.05, 0.1) is 17.8 Å². The fourth-order valence-corrected chi connectivity index (χ4v) is 3.27. The fraction of sp³-hybridized carbons (Fsp3) is 0.292. The van der Waals surface area contributed by atoms with Crippen molar-refractivity contribution < 1.29 is 14.6 Å². The topological polar surface area (TPSA) is 58.6 Å². The minimum Gasteiger partial charge on any atom is -0.493 e. The molecule has 3 aromatic rings. The molecule has 0 saturated heterocycles. The third kappa shape index (κ3) is 4.90. The van der Waals surface area contributed by atoms with Crippen LogP contribution in [0.1, 0.15) is 36.2 Å². The van der Waals surface area contributed by atoms with E-state index >= 15 is 0 Å². The Morgan fingerprint density at radius 3 is 2.50 bits per heavy atom. The normalized spacial score (nSPS) is 13.1. The van der Waals surface area contributed by atoms with Gasteiger partial charge in [-0.1, -0.05) is 60.7 Å². The molecule has 1 atom stereocenters. The number of hydrogen-bond acceptors (Lipinski definition) is 3. The summed E-state index contributed by atoms with van der Waals surface area (Å²) in [4.78, 5) is 13.0. The zero-order valence-corrected chi connectivity index (χ0v) is 16.4. The maximum atomic E-state index is 13.0. The van der Waals surface area contributed by atoms with E-state index in [4.69, 9.17) is 4.74 Å². The number of carbonyl (C=O) groups excluding carboxylic acids is 1. The summed E-state index contributed by atoms with van der Waals surface area (Å²) >= 11 is 0. The van der Waals surface area contributed by atoms with Crippen LogP contribution >= 0.6 is 0 Å². The lowest BCUT2D eigenvalue weighted by molar-refractivity contribution is 0.0478. The lowest BCUT2D eigenvalue weighted by atomic mass is 9.96. The van der Waals surface area contributed by atoms with Crippen molar-refractivity contribution in [2.45, 2.75) is 32.3 Å². The highest BCUT2D eigenvalue weighted by molar-refractivity contribution is 6.09. The number of nitrogens with one attached hydrogen (secondary N) is 1. The van der Waals surface area contributed by atoms with E-state index < -0.39 is 5.60 Å². The molecule has 0 radical (unpaired) electrons. The average molecular weight is 377 g/mol. The molecule has 1 amide bonds. The van der Waals surface area contributed by atoms with Crippen molar-refractivity contribution in [3.8, 4) is 5.75 Å². The van der Waals surface area contributed by atoms with Gasteiger partial charge in [0.25, 0.3) is 5.91 Å². The molecule has 0 spiro atoms. The first-order valence-corrected chi connectivity index (χ1v) is 9.69. The molecule has 3 rings (SSSR count). The number of hydrogen-bond donors (Lipinski definition) is 2. The van der Waals surface area contributed by atoms with Gasteiger partial charge in [-0.25, -0.2) is 0 Å². The summed E-state index contributed by atoms with van der Waals surface area (Å²) in [5, 5.41) is 15.4. The van der Waals surface area contributed by atoms with Gasteiger partial charge in [0.15, 0.2) is 0 Å². The molecule has 0 unspecified atom stereocenters. The standard InChI is InChI=1S/C24H27NO3/c1-3-28-21-14-13-19-11-7-8-12-20(19)22(21)23(26)25-17-24(2,27)16-15-18-9-5-4-6-10-18/h4-14,27H,3,15-17H2,1-2H3,(H,25,26)/t24-/m1/s1. The van der Waals surface area contributed by atoms with Crippen LogP contribution in [-0.4, -0.2) is 29.8 Å². The lowest BCUT2D eigenvalue weighted by Gasteiger charge is -2.24. The molecule has 0 aromatic heterocycles. The van der Waals surface area contributed by atoms with Gasteiger partial charge in [0.2, 0.25) is 0 Å². The van der Waals surface area contributed by atoms with Gasteiger partial charge in [0.1, 0.15) is 5.75 Å². The predicted molar refractivity (Wildman–Crippen MR) is 113 cm³/mol. The summed E-state index contributed by atoms with van der Waals surface area (Å²) in [6.07, 6.45) is 1.31. The Morgan fingerprint density at radius 2 is 1.75 bits per heavy atom. The number of fused-ring (bicyclic) bond motifs is 1. The zero-order valence-electron chi connectivity index (χ0n) is 16.4. The minimum absolute atomic E-state index is 0.174. The second kappa shape index (κ2) is 8.89. The molecule has 0 aliphatic heterocycles. The molecule has 146 valence electrons. The second-order valence-electron chi connectivity index (χ2n) is 7.26. The van der Waals surface area contributed by atoms with Crippen molar-refractivity contribution in [2.24, 2.45) is 0 Å². The molecule has 3 aromatic carbocycles. The molecule has 4 heteroatoms. The largest absolute Gasteiger partial charge is 0.493 e. The summed E-state index contributed by atoms with van der Waals surface area (Å²) < 4.78 is 5.68. The van der Waals surface area contributed by atoms with E-state index in [0.717, 1.165) is 17.2 Å². The number of aliphatic hydroxyl groups is 1. The quantitative estimate of drug-likeness (QED) is 0.613. The summed E-state index contributed by atoms with van der Waals surface area (Å²) in [5.41, 5.74) is 0.683. The Bertz CT molecular complexity index is 935. The van der Waals surface area contributed by atoms with Crippen molar-refractivity contribution >= 4 is 16.7 Å². The molecule has 0 bridgehead atoms. The van der Waals surface area contributed by atoms with Crippen LogP contribution in [0.15, 0.2) is 66.7 Å². The summed E-state index contributed by atoms with van der Waals surface area (Å²) in [7, 11) is 0. The van der Waals surface area contributed by atoms with E-state index in [0.29, 0.717) is 24.3 Å². The number of carbonyl (C=O) groups is 1.